The van der Waals surface area contributed by atoms with Crippen molar-refractivity contribution >= 4 is 21.6 Å². The Morgan fingerprint density at radius 2 is 2.08 bits per heavy atom. The van der Waals surface area contributed by atoms with E-state index in [0.29, 0.717) is 24.0 Å². The molecule has 0 atom stereocenters. The molecule has 0 saturated carbocycles. The predicted molar refractivity (Wildman–Crippen MR) is 99.3 cm³/mol. The number of hydrogen-bond acceptors (Lipinski definition) is 5. The Kier molecular flexibility index (Phi) is 6.70. The van der Waals surface area contributed by atoms with E-state index in [1.165, 1.54) is 12.1 Å². The van der Waals surface area contributed by atoms with Crippen LogP contribution in [0.2, 0.25) is 0 Å². The van der Waals surface area contributed by atoms with E-state index in [9.17, 15) is 13.2 Å². The number of anilines is 1. The Labute approximate surface area is 153 Å². The minimum Gasteiger partial charge on any atom is -0.493 e. The fourth-order valence-electron chi connectivity index (χ4n) is 2.20. The number of nitrogens with zero attached hydrogens (tertiary/aromatic N) is 1. The van der Waals surface area contributed by atoms with Gasteiger partial charge in [0.25, 0.3) is 0 Å². The molecule has 0 spiro atoms. The zero-order valence-electron chi connectivity index (χ0n) is 14.8. The molecule has 0 fully saturated rings. The van der Waals surface area contributed by atoms with E-state index in [2.05, 4.69) is 24.1 Å². The SMILES string of the molecule is CC(C)CCOc1cc(NC(=O)Cc2cccnc2)cc(S(N)(=O)=O)c1. The van der Waals surface area contributed by atoms with E-state index in [-0.39, 0.29) is 17.2 Å². The number of pyridine rings is 1. The van der Waals surface area contributed by atoms with Crippen LogP contribution in [0.25, 0.3) is 0 Å². The highest BCUT2D eigenvalue weighted by Crippen LogP contribution is 2.24. The lowest BCUT2D eigenvalue weighted by Gasteiger charge is -2.12. The Morgan fingerprint density at radius 3 is 2.69 bits per heavy atom. The summed E-state index contributed by atoms with van der Waals surface area (Å²) in [6.07, 6.45) is 4.16. The van der Waals surface area contributed by atoms with Gasteiger partial charge in [-0.2, -0.15) is 0 Å². The molecule has 8 heteroatoms. The van der Waals surface area contributed by atoms with Crippen molar-refractivity contribution in [3.8, 4) is 5.75 Å². The summed E-state index contributed by atoms with van der Waals surface area (Å²) >= 11 is 0. The highest BCUT2D eigenvalue weighted by Gasteiger charge is 2.13. The number of ether oxygens (including phenoxy) is 1. The largest absolute Gasteiger partial charge is 0.493 e. The van der Waals surface area contributed by atoms with E-state index >= 15 is 0 Å². The van der Waals surface area contributed by atoms with Gasteiger partial charge in [0.05, 0.1) is 17.9 Å². The van der Waals surface area contributed by atoms with Gasteiger partial charge in [0.15, 0.2) is 0 Å². The van der Waals surface area contributed by atoms with Crippen molar-refractivity contribution in [2.45, 2.75) is 31.6 Å². The number of primary sulfonamides is 1. The zero-order chi connectivity index (χ0) is 19.2. The molecule has 0 aliphatic rings. The van der Waals surface area contributed by atoms with Gasteiger partial charge in [-0.25, -0.2) is 13.6 Å². The second-order valence-corrected chi connectivity index (χ2v) is 7.92. The van der Waals surface area contributed by atoms with Crippen molar-refractivity contribution in [2.24, 2.45) is 11.1 Å². The van der Waals surface area contributed by atoms with Crippen molar-refractivity contribution in [1.29, 1.82) is 0 Å². The molecule has 2 aromatic rings. The molecule has 140 valence electrons. The molecule has 1 aromatic heterocycles. The maximum atomic E-state index is 12.2. The molecule has 0 saturated heterocycles. The third kappa shape index (κ3) is 6.45. The fraction of sp³-hybridized carbons (Fsp3) is 0.333. The van der Waals surface area contributed by atoms with Gasteiger partial charge >= 0.3 is 0 Å². The first kappa shape index (κ1) is 19.9. The van der Waals surface area contributed by atoms with Gasteiger partial charge in [-0.05, 0) is 30.0 Å². The highest BCUT2D eigenvalue weighted by atomic mass is 32.2. The van der Waals surface area contributed by atoms with E-state index in [0.717, 1.165) is 12.0 Å². The first-order valence-electron chi connectivity index (χ1n) is 8.23. The number of aromatic nitrogens is 1. The molecule has 0 unspecified atom stereocenters. The average Bonchev–Trinajstić information content (AvgIpc) is 2.54. The lowest BCUT2D eigenvalue weighted by molar-refractivity contribution is -0.115. The van der Waals surface area contributed by atoms with Gasteiger partial charge in [-0.1, -0.05) is 19.9 Å². The van der Waals surface area contributed by atoms with Gasteiger partial charge in [0, 0.05) is 30.2 Å². The van der Waals surface area contributed by atoms with Crippen LogP contribution in [0.1, 0.15) is 25.8 Å². The summed E-state index contributed by atoms with van der Waals surface area (Å²) in [5.74, 6) is 0.502. The van der Waals surface area contributed by atoms with E-state index in [1.54, 1.807) is 30.6 Å². The second kappa shape index (κ2) is 8.77. The number of nitrogens with two attached hydrogens (primary N) is 1. The first-order chi connectivity index (χ1) is 12.2. The molecule has 0 radical (unpaired) electrons. The summed E-state index contributed by atoms with van der Waals surface area (Å²) in [7, 11) is -3.93. The normalized spacial score (nSPS) is 11.4. The molecule has 0 bridgehead atoms. The summed E-state index contributed by atoms with van der Waals surface area (Å²) in [5.41, 5.74) is 1.06. The van der Waals surface area contributed by atoms with Gasteiger partial charge in [0.1, 0.15) is 5.75 Å². The number of carbonyl (C=O) groups excluding carboxylic acids is 1. The van der Waals surface area contributed by atoms with Gasteiger partial charge in [-0.3, -0.25) is 9.78 Å². The second-order valence-electron chi connectivity index (χ2n) is 6.36. The molecule has 7 nitrogen and oxygen atoms in total. The van der Waals surface area contributed by atoms with Crippen molar-refractivity contribution in [1.82, 2.24) is 4.98 Å². The lowest BCUT2D eigenvalue weighted by atomic mass is 10.1. The Bertz CT molecular complexity index is 852. The number of benzene rings is 1. The van der Waals surface area contributed by atoms with Crippen molar-refractivity contribution in [2.75, 3.05) is 11.9 Å². The minimum absolute atomic E-state index is 0.115. The fourth-order valence-corrected chi connectivity index (χ4v) is 2.77. The third-order valence-electron chi connectivity index (χ3n) is 3.54. The quantitative estimate of drug-likeness (QED) is 0.733. The summed E-state index contributed by atoms with van der Waals surface area (Å²) in [4.78, 5) is 16.0. The maximum absolute atomic E-state index is 12.2. The summed E-state index contributed by atoms with van der Waals surface area (Å²) < 4.78 is 29.0. The topological polar surface area (TPSA) is 111 Å². The molecule has 1 amide bonds. The van der Waals surface area contributed by atoms with Gasteiger partial charge < -0.3 is 10.1 Å². The zero-order valence-corrected chi connectivity index (χ0v) is 15.6. The molecular formula is C18H23N3O4S. The van der Waals surface area contributed by atoms with Crippen LogP contribution in [0.5, 0.6) is 5.75 Å². The number of hydrogen-bond donors (Lipinski definition) is 2. The van der Waals surface area contributed by atoms with Crippen LogP contribution in [-0.2, 0) is 21.2 Å². The summed E-state index contributed by atoms with van der Waals surface area (Å²) in [6, 6.07) is 7.77. The van der Waals surface area contributed by atoms with Crippen molar-refractivity contribution in [3.63, 3.8) is 0 Å². The van der Waals surface area contributed by atoms with E-state index in [4.69, 9.17) is 9.88 Å². The lowest BCUT2D eigenvalue weighted by Crippen LogP contribution is -2.17. The van der Waals surface area contributed by atoms with E-state index < -0.39 is 10.0 Å². The molecular weight excluding hydrogens is 354 g/mol. The van der Waals surface area contributed by atoms with Crippen LogP contribution in [0, 0.1) is 5.92 Å². The molecule has 0 aliphatic heterocycles. The Hall–Kier alpha value is -2.45. The number of rotatable bonds is 8. The van der Waals surface area contributed by atoms with Crippen molar-refractivity contribution in [3.05, 3.63) is 48.3 Å². The van der Waals surface area contributed by atoms with Crippen LogP contribution in [0.4, 0.5) is 5.69 Å². The molecule has 3 N–H and O–H groups in total. The van der Waals surface area contributed by atoms with Crippen LogP contribution in [0.15, 0.2) is 47.6 Å². The maximum Gasteiger partial charge on any atom is 0.238 e. The number of nitrogens with one attached hydrogen (secondary N) is 1. The Morgan fingerprint density at radius 1 is 1.31 bits per heavy atom. The van der Waals surface area contributed by atoms with Crippen LogP contribution >= 0.6 is 0 Å². The number of sulfonamides is 1. The number of amides is 1. The first-order valence-corrected chi connectivity index (χ1v) is 9.78. The smallest absolute Gasteiger partial charge is 0.238 e. The average molecular weight is 377 g/mol. The van der Waals surface area contributed by atoms with Gasteiger partial charge in [-0.15, -0.1) is 0 Å². The molecule has 1 aromatic carbocycles. The monoisotopic (exact) mass is 377 g/mol. The Balaban J connectivity index is 2.16. The molecule has 2 rings (SSSR count). The van der Waals surface area contributed by atoms with Crippen LogP contribution < -0.4 is 15.2 Å². The van der Waals surface area contributed by atoms with Gasteiger partial charge in [0.2, 0.25) is 15.9 Å². The molecule has 26 heavy (non-hydrogen) atoms. The third-order valence-corrected chi connectivity index (χ3v) is 4.44. The molecule has 0 aliphatic carbocycles. The highest BCUT2D eigenvalue weighted by molar-refractivity contribution is 7.89. The van der Waals surface area contributed by atoms with E-state index in [1.807, 2.05) is 0 Å². The van der Waals surface area contributed by atoms with Crippen LogP contribution in [0.3, 0.4) is 0 Å². The summed E-state index contributed by atoms with van der Waals surface area (Å²) in [5, 5.41) is 7.90. The van der Waals surface area contributed by atoms with Crippen molar-refractivity contribution < 1.29 is 17.9 Å². The summed E-state index contributed by atoms with van der Waals surface area (Å²) in [6.45, 7) is 4.57. The standard InChI is InChI=1S/C18H23N3O4S/c1-13(2)5-7-25-16-9-15(10-17(11-16)26(19,23)24)21-18(22)8-14-4-3-6-20-12-14/h3-4,6,9-13H,5,7-8H2,1-2H3,(H,21,22)(H2,19,23,24). The minimum atomic E-state index is -3.93. The van der Waals surface area contributed by atoms with Crippen LogP contribution in [-0.4, -0.2) is 25.9 Å². The number of carbonyl (C=O) groups is 1. The predicted octanol–water partition coefficient (Wildman–Crippen LogP) is 2.34. The molecule has 1 heterocycles.